The summed E-state index contributed by atoms with van der Waals surface area (Å²) in [7, 11) is 0. The van der Waals surface area contributed by atoms with E-state index >= 15 is 0 Å². The van der Waals surface area contributed by atoms with Crippen molar-refractivity contribution < 1.29 is 13.2 Å². The van der Waals surface area contributed by atoms with Crippen LogP contribution in [-0.2, 0) is 6.18 Å². The molecule has 0 bridgehead atoms. The number of para-hydroxylation sites is 1. The first-order chi connectivity index (χ1) is 16.4. The maximum absolute atomic E-state index is 13.5. The lowest BCUT2D eigenvalue weighted by Crippen LogP contribution is -2.28. The van der Waals surface area contributed by atoms with Crippen molar-refractivity contribution in [2.45, 2.75) is 43.8 Å². The minimum atomic E-state index is -4.58. The smallest absolute Gasteiger partial charge is 0.351 e. The van der Waals surface area contributed by atoms with Crippen molar-refractivity contribution in [3.05, 3.63) is 71.3 Å². The molecule has 5 rings (SSSR count). The van der Waals surface area contributed by atoms with Crippen molar-refractivity contribution in [2.24, 2.45) is 0 Å². The van der Waals surface area contributed by atoms with Crippen LogP contribution in [0.1, 0.15) is 43.0 Å². The first kappa shape index (κ1) is 22.4. The van der Waals surface area contributed by atoms with Gasteiger partial charge in [-0.3, -0.25) is 4.40 Å². The maximum atomic E-state index is 13.5. The van der Waals surface area contributed by atoms with Gasteiger partial charge in [-0.25, -0.2) is 4.98 Å². The summed E-state index contributed by atoms with van der Waals surface area (Å²) in [5.74, 6) is 0.843. The number of rotatable bonds is 5. The van der Waals surface area contributed by atoms with Crippen LogP contribution < -0.4 is 10.6 Å². The highest BCUT2D eigenvalue weighted by atomic mass is 35.5. The van der Waals surface area contributed by atoms with E-state index in [2.05, 4.69) is 30.8 Å². The number of fused-ring (bicyclic) bond motifs is 1. The molecule has 0 unspecified atom stereocenters. The molecule has 4 aromatic rings. The van der Waals surface area contributed by atoms with Crippen molar-refractivity contribution in [1.82, 2.24) is 24.6 Å². The van der Waals surface area contributed by atoms with Gasteiger partial charge >= 0.3 is 6.18 Å². The topological polar surface area (TPSA) is 80.0 Å². The predicted molar refractivity (Wildman–Crippen MR) is 123 cm³/mol. The average Bonchev–Trinajstić information content (AvgIpc) is 3.22. The number of halogens is 4. The summed E-state index contributed by atoms with van der Waals surface area (Å²) in [6.07, 6.45) is 1.54. The summed E-state index contributed by atoms with van der Waals surface area (Å²) in [4.78, 5) is 8.13. The molecule has 0 spiro atoms. The zero-order valence-electron chi connectivity index (χ0n) is 17.9. The van der Waals surface area contributed by atoms with Gasteiger partial charge in [-0.05, 0) is 37.5 Å². The van der Waals surface area contributed by atoms with Crippen LogP contribution in [0.15, 0.2) is 54.9 Å². The fraction of sp³-hybridized carbons (Fsp3) is 0.304. The number of hydrogen-bond donors (Lipinski definition) is 2. The second-order valence-corrected chi connectivity index (χ2v) is 8.72. The molecule has 1 aromatic carbocycles. The van der Waals surface area contributed by atoms with Gasteiger partial charge in [0.05, 0.1) is 0 Å². The normalized spacial score (nSPS) is 18.7. The van der Waals surface area contributed by atoms with Crippen molar-refractivity contribution in [1.29, 1.82) is 0 Å². The van der Waals surface area contributed by atoms with E-state index in [9.17, 15) is 13.2 Å². The summed E-state index contributed by atoms with van der Waals surface area (Å²) in [6.45, 7) is 0. The van der Waals surface area contributed by atoms with Gasteiger partial charge < -0.3 is 10.6 Å². The van der Waals surface area contributed by atoms with Gasteiger partial charge in [0.15, 0.2) is 5.65 Å². The molecule has 0 amide bonds. The van der Waals surface area contributed by atoms with Crippen LogP contribution in [0, 0.1) is 0 Å². The van der Waals surface area contributed by atoms with Crippen molar-refractivity contribution in [2.75, 3.05) is 10.6 Å². The molecule has 0 radical (unpaired) electrons. The Morgan fingerprint density at radius 3 is 2.68 bits per heavy atom. The van der Waals surface area contributed by atoms with Crippen LogP contribution in [0.25, 0.3) is 5.65 Å². The van der Waals surface area contributed by atoms with E-state index in [0.29, 0.717) is 16.4 Å². The molecule has 0 saturated heterocycles. The Morgan fingerprint density at radius 1 is 1.06 bits per heavy atom. The number of alkyl halides is 3. The Hall–Kier alpha value is -3.40. The number of anilines is 3. The standard InChI is InChI=1S/C23H21ClF3N7/c24-15-9-10-34-19(12-15)32-33-21(34)14-5-4-8-17(11-14)30-22-28-13-18(23(25,26)27)20(31-22)29-16-6-2-1-3-7-16/h1-3,6-7,9-10,12-14,17H,4-5,8,11H2,(H2,28,29,30,31)/t14-,17+/m0/s1. The van der Waals surface area contributed by atoms with Gasteiger partial charge in [-0.1, -0.05) is 36.2 Å². The minimum absolute atomic E-state index is 0.0142. The van der Waals surface area contributed by atoms with Crippen LogP contribution in [0.4, 0.5) is 30.6 Å². The van der Waals surface area contributed by atoms with Crippen LogP contribution in [0.3, 0.4) is 0 Å². The monoisotopic (exact) mass is 487 g/mol. The first-order valence-electron chi connectivity index (χ1n) is 10.9. The third-order valence-corrected chi connectivity index (χ3v) is 6.14. The van der Waals surface area contributed by atoms with Gasteiger partial charge in [0.25, 0.3) is 0 Å². The lowest BCUT2D eigenvalue weighted by atomic mass is 9.85. The van der Waals surface area contributed by atoms with E-state index in [4.69, 9.17) is 11.6 Å². The fourth-order valence-corrected chi connectivity index (χ4v) is 4.47. The SMILES string of the molecule is FC(F)(F)c1cnc(N[C@@H]2CCC[C@H](c3nnc4cc(Cl)ccn34)C2)nc1Nc1ccccc1. The molecule has 2 N–H and O–H groups in total. The molecule has 3 heterocycles. The van der Waals surface area contributed by atoms with Gasteiger partial charge in [0.2, 0.25) is 5.95 Å². The molecule has 2 atom stereocenters. The van der Waals surface area contributed by atoms with Crippen molar-refractivity contribution >= 4 is 34.7 Å². The van der Waals surface area contributed by atoms with E-state index in [-0.39, 0.29) is 23.7 Å². The first-order valence-corrected chi connectivity index (χ1v) is 11.3. The van der Waals surface area contributed by atoms with Crippen LogP contribution in [0.5, 0.6) is 0 Å². The molecule has 7 nitrogen and oxygen atoms in total. The summed E-state index contributed by atoms with van der Waals surface area (Å²) in [5, 5.41) is 15.2. The van der Waals surface area contributed by atoms with Crippen LogP contribution in [-0.4, -0.2) is 30.6 Å². The van der Waals surface area contributed by atoms with Gasteiger partial charge in [-0.2, -0.15) is 18.2 Å². The Labute approximate surface area is 198 Å². The highest BCUT2D eigenvalue weighted by Crippen LogP contribution is 2.36. The molecule has 1 fully saturated rings. The van der Waals surface area contributed by atoms with E-state index in [0.717, 1.165) is 37.7 Å². The highest BCUT2D eigenvalue weighted by Gasteiger charge is 2.36. The van der Waals surface area contributed by atoms with Gasteiger partial charge in [0.1, 0.15) is 17.2 Å². The third kappa shape index (κ3) is 4.77. The Kier molecular flexibility index (Phi) is 5.99. The molecule has 176 valence electrons. The van der Waals surface area contributed by atoms with Crippen molar-refractivity contribution in [3.63, 3.8) is 0 Å². The molecule has 34 heavy (non-hydrogen) atoms. The molecule has 0 aliphatic heterocycles. The number of aromatic nitrogens is 5. The maximum Gasteiger partial charge on any atom is 0.421 e. The average molecular weight is 488 g/mol. The third-order valence-electron chi connectivity index (χ3n) is 5.90. The summed E-state index contributed by atoms with van der Waals surface area (Å²) >= 11 is 6.05. The number of hydrogen-bond acceptors (Lipinski definition) is 6. The van der Waals surface area contributed by atoms with E-state index in [1.165, 1.54) is 0 Å². The lowest BCUT2D eigenvalue weighted by molar-refractivity contribution is -0.137. The van der Waals surface area contributed by atoms with Crippen LogP contribution in [0.2, 0.25) is 5.02 Å². The molecular formula is C23H21ClF3N7. The molecule has 3 aromatic heterocycles. The number of benzene rings is 1. The molecule has 1 aliphatic rings. The van der Waals surface area contributed by atoms with Gasteiger partial charge in [-0.15, -0.1) is 10.2 Å². The van der Waals surface area contributed by atoms with Crippen molar-refractivity contribution in [3.8, 4) is 0 Å². The zero-order valence-corrected chi connectivity index (χ0v) is 18.7. The van der Waals surface area contributed by atoms with E-state index in [1.807, 2.05) is 10.6 Å². The molecular weight excluding hydrogens is 467 g/mol. The molecule has 1 saturated carbocycles. The minimum Gasteiger partial charge on any atom is -0.351 e. The summed E-state index contributed by atoms with van der Waals surface area (Å²) < 4.78 is 42.5. The Balaban J connectivity index is 1.36. The van der Waals surface area contributed by atoms with Crippen LogP contribution >= 0.6 is 11.6 Å². The number of pyridine rings is 1. The number of nitrogens with one attached hydrogen (secondary N) is 2. The summed E-state index contributed by atoms with van der Waals surface area (Å²) in [5.41, 5.74) is 0.270. The Bertz CT molecular complexity index is 1290. The quantitative estimate of drug-likeness (QED) is 0.355. The fourth-order valence-electron chi connectivity index (χ4n) is 4.31. The summed E-state index contributed by atoms with van der Waals surface area (Å²) in [6, 6.07) is 12.1. The lowest BCUT2D eigenvalue weighted by Gasteiger charge is -2.29. The molecule has 11 heteroatoms. The molecule has 1 aliphatic carbocycles. The Morgan fingerprint density at radius 2 is 1.88 bits per heavy atom. The zero-order chi connectivity index (χ0) is 23.7. The van der Waals surface area contributed by atoms with Gasteiger partial charge in [0, 0.05) is 41.1 Å². The second kappa shape index (κ2) is 9.09. The van der Waals surface area contributed by atoms with E-state index in [1.54, 1.807) is 42.5 Å². The second-order valence-electron chi connectivity index (χ2n) is 8.28. The van der Waals surface area contributed by atoms with E-state index < -0.39 is 11.7 Å². The highest BCUT2D eigenvalue weighted by molar-refractivity contribution is 6.30. The predicted octanol–water partition coefficient (Wildman–Crippen LogP) is 6.07. The largest absolute Gasteiger partial charge is 0.421 e. The number of nitrogens with zero attached hydrogens (tertiary/aromatic N) is 5.